The number of hydrogen-bond donors (Lipinski definition) is 4. The number of piperazine rings is 1. The van der Waals surface area contributed by atoms with Gasteiger partial charge in [0.25, 0.3) is 17.6 Å². The molecule has 5 aliphatic heterocycles. The molecule has 2 aromatic carbocycles. The highest BCUT2D eigenvalue weighted by Gasteiger charge is 2.53. The van der Waals surface area contributed by atoms with Crippen LogP contribution in [0.5, 0.6) is 11.5 Å². The van der Waals surface area contributed by atoms with Crippen molar-refractivity contribution in [2.24, 2.45) is 28.8 Å². The molecule has 440 valence electrons. The Bertz CT molecular complexity index is 3290. The molecule has 6 heterocycles. The van der Waals surface area contributed by atoms with E-state index in [1.165, 1.54) is 64.2 Å². The third kappa shape index (κ3) is 11.3. The van der Waals surface area contributed by atoms with Gasteiger partial charge in [0.2, 0.25) is 11.6 Å². The van der Waals surface area contributed by atoms with E-state index < -0.39 is 113 Å². The number of halogens is 1. The van der Waals surface area contributed by atoms with Crippen molar-refractivity contribution in [3.05, 3.63) is 110 Å². The second-order valence-corrected chi connectivity index (χ2v) is 22.5. The summed E-state index contributed by atoms with van der Waals surface area (Å²) in [6.45, 7) is 15.1. The quantitative estimate of drug-likeness (QED) is 0.165. The first-order valence-electron chi connectivity index (χ1n) is 27.9. The number of oxime groups is 1. The molecule has 0 unspecified atom stereocenters. The van der Waals surface area contributed by atoms with Crippen molar-refractivity contribution in [2.75, 3.05) is 71.1 Å². The molecule has 4 N–H and O–H groups in total. The van der Waals surface area contributed by atoms with E-state index in [-0.39, 0.29) is 103 Å². The number of anilines is 1. The van der Waals surface area contributed by atoms with Crippen LogP contribution in [-0.2, 0) is 38.2 Å². The normalized spacial score (nSPS) is 29.5. The second-order valence-electron chi connectivity index (χ2n) is 22.5. The fourth-order valence-corrected chi connectivity index (χ4v) is 11.7. The molecule has 1 aromatic heterocycles. The maximum Gasteiger partial charge on any atom is 0.302 e. The molecule has 21 nitrogen and oxygen atoms in total. The zero-order valence-corrected chi connectivity index (χ0v) is 47.9. The standard InChI is InChI=1S/C60H73FN6O15/c1-30-12-11-13-31(2)59(76)62-48-49(66-21-24-78-25-22-66)55(75)45-46(54(48)74)53(73)36(7)57-47(45)58(60(9,82-57)79-23-16-43(77-10)33(4)56(81-37(8)68)35(6)52(72)34(5)50(30)70)63-80-29-44(69)65-19-17-64(18-20-65)42-27-41-39(26-40(42)61)51(71)32(3)28-67(41)38-14-15-38/h11-13,16,23,26-28,30,33-35,38,43,50,52,56,70,72-73H,14-15,17-22,24-25,29H2,1-10H3,(H,62,76)/b12-11+,23-16+,31-13-,63-58-/t30-,33+,34+,35+,43-,50-,52+,56+,60-/m0/s1. The summed E-state index contributed by atoms with van der Waals surface area (Å²) in [5, 5.41) is 42.7. The SMILES string of the molecule is CO[C@H]1/C=C/O[C@@]2(C)Oc3c(C)c(O)c4c(c3/C2=N/OCC(=O)N2CCN(c3cc5c(cc3F)c(=O)c(C)cn5C3CC3)CC2)C(=O)C(N2CCOCC2)=C(NC(=O)/C(C)=C\C=C\[C@H](C)[C@H](O)[C@@H](C)[C@@H](O)[C@@H](C)[C@H](OC(C)=O)[C@@H]1C)C4=O. The molecule has 10 rings (SSSR count). The number of fused-ring (bicyclic) bond motifs is 15. The van der Waals surface area contributed by atoms with Crippen molar-refractivity contribution in [1.82, 2.24) is 19.7 Å². The van der Waals surface area contributed by atoms with E-state index in [4.69, 9.17) is 28.5 Å². The zero-order valence-electron chi connectivity index (χ0n) is 47.9. The number of phenols is 1. The van der Waals surface area contributed by atoms with Gasteiger partial charge in [-0.05, 0) is 51.8 Å². The lowest BCUT2D eigenvalue weighted by atomic mass is 9.78. The third-order valence-electron chi connectivity index (χ3n) is 16.8. The Morgan fingerprint density at radius 2 is 1.57 bits per heavy atom. The van der Waals surface area contributed by atoms with Gasteiger partial charge in [0.05, 0.1) is 65.7 Å². The summed E-state index contributed by atoms with van der Waals surface area (Å²) in [4.78, 5) is 95.3. The van der Waals surface area contributed by atoms with Crippen LogP contribution >= 0.6 is 0 Å². The Morgan fingerprint density at radius 1 is 0.878 bits per heavy atom. The van der Waals surface area contributed by atoms with Gasteiger partial charge in [-0.25, -0.2) is 4.39 Å². The number of aromatic nitrogens is 1. The van der Waals surface area contributed by atoms with E-state index in [0.717, 1.165) is 12.8 Å². The van der Waals surface area contributed by atoms with E-state index in [9.17, 15) is 34.5 Å². The lowest BCUT2D eigenvalue weighted by molar-refractivity contribution is -0.160. The van der Waals surface area contributed by atoms with Crippen molar-refractivity contribution in [3.63, 3.8) is 0 Å². The minimum atomic E-state index is -2.04. The van der Waals surface area contributed by atoms with Crippen LogP contribution in [0.15, 0.2) is 75.8 Å². The van der Waals surface area contributed by atoms with E-state index >= 15 is 14.0 Å². The number of aromatic hydroxyl groups is 1. The van der Waals surface area contributed by atoms with Crippen LogP contribution in [0.2, 0.25) is 0 Å². The number of aliphatic hydroxyl groups excluding tert-OH is 2. The van der Waals surface area contributed by atoms with Gasteiger partial charge in [0.15, 0.2) is 17.7 Å². The summed E-state index contributed by atoms with van der Waals surface area (Å²) >= 11 is 0. The number of ketones is 2. The number of amides is 2. The number of esters is 1. The number of carbonyl (C=O) groups excluding carboxylic acids is 5. The van der Waals surface area contributed by atoms with Gasteiger partial charge in [0, 0.05) is 118 Å². The molecular formula is C60H73FN6O15. The number of allylic oxidation sites excluding steroid dienone is 4. The predicted octanol–water partition coefficient (Wildman–Crippen LogP) is 5.27. The molecule has 7 aliphatic rings. The predicted molar refractivity (Wildman–Crippen MR) is 299 cm³/mol. The van der Waals surface area contributed by atoms with Gasteiger partial charge < -0.3 is 68.4 Å². The molecule has 82 heavy (non-hydrogen) atoms. The van der Waals surface area contributed by atoms with Gasteiger partial charge in [-0.15, -0.1) is 0 Å². The number of aryl methyl sites for hydroxylation is 1. The monoisotopic (exact) mass is 1140 g/mol. The van der Waals surface area contributed by atoms with Gasteiger partial charge >= 0.3 is 5.97 Å². The molecule has 9 atom stereocenters. The number of phenolic OH excluding ortho intramolecular Hbond substituents is 1. The number of ether oxygens (including phenoxy) is 5. The minimum Gasteiger partial charge on any atom is -0.507 e. The van der Waals surface area contributed by atoms with E-state index in [1.54, 1.807) is 57.7 Å². The Kier molecular flexibility index (Phi) is 17.2. The van der Waals surface area contributed by atoms with Crippen LogP contribution in [0, 0.1) is 43.3 Å². The van der Waals surface area contributed by atoms with Gasteiger partial charge in [0.1, 0.15) is 34.8 Å². The third-order valence-corrected chi connectivity index (χ3v) is 16.8. The summed E-state index contributed by atoms with van der Waals surface area (Å²) in [7, 11) is 1.43. The van der Waals surface area contributed by atoms with Crippen LogP contribution in [0.4, 0.5) is 10.1 Å². The van der Waals surface area contributed by atoms with E-state index in [0.29, 0.717) is 22.2 Å². The number of rotatable bonds is 8. The molecule has 3 fully saturated rings. The van der Waals surface area contributed by atoms with Crippen LogP contribution in [0.25, 0.3) is 10.9 Å². The molecule has 3 aromatic rings. The van der Waals surface area contributed by atoms with Crippen molar-refractivity contribution < 1.29 is 72.2 Å². The highest BCUT2D eigenvalue weighted by molar-refractivity contribution is 6.33. The van der Waals surface area contributed by atoms with Crippen molar-refractivity contribution in [1.29, 1.82) is 0 Å². The highest BCUT2D eigenvalue weighted by Crippen LogP contribution is 2.50. The number of aliphatic hydroxyl groups is 2. The number of nitrogens with one attached hydrogen (secondary N) is 1. The Labute approximate surface area is 474 Å². The number of nitrogens with zero attached hydrogens (tertiary/aromatic N) is 5. The maximum atomic E-state index is 15.8. The van der Waals surface area contributed by atoms with Crippen molar-refractivity contribution in [2.45, 2.75) is 111 Å². The molecule has 22 heteroatoms. The van der Waals surface area contributed by atoms with E-state index in [2.05, 4.69) is 10.5 Å². The Balaban J connectivity index is 1.08. The van der Waals surface area contributed by atoms with Gasteiger partial charge in [-0.3, -0.25) is 28.8 Å². The summed E-state index contributed by atoms with van der Waals surface area (Å²) < 4.78 is 48.2. The molecule has 2 amide bonds. The van der Waals surface area contributed by atoms with Crippen LogP contribution in [0.1, 0.15) is 105 Å². The molecule has 2 saturated heterocycles. The molecule has 0 radical (unpaired) electrons. The summed E-state index contributed by atoms with van der Waals surface area (Å²) in [6.07, 6.45) is 7.04. The zero-order chi connectivity index (χ0) is 59.2. The first-order valence-corrected chi connectivity index (χ1v) is 27.9. The fourth-order valence-electron chi connectivity index (χ4n) is 11.7. The van der Waals surface area contributed by atoms with Gasteiger partial charge in [-0.1, -0.05) is 51.1 Å². The number of Topliss-reactive ketones (excluding diaryl/α,β-unsaturated/α-hetero) is 2. The van der Waals surface area contributed by atoms with Crippen molar-refractivity contribution >= 4 is 51.7 Å². The molecule has 5 bridgehead atoms. The summed E-state index contributed by atoms with van der Waals surface area (Å²) in [5.41, 5.74) is -0.280. The number of morpholine rings is 1. The first kappa shape index (κ1) is 59.2. The summed E-state index contributed by atoms with van der Waals surface area (Å²) in [6, 6.07) is 3.24. The lowest BCUT2D eigenvalue weighted by Gasteiger charge is -2.38. The fraction of sp³-hybridized carbons (Fsp3) is 0.517. The highest BCUT2D eigenvalue weighted by atomic mass is 19.1. The molecule has 0 spiro atoms. The minimum absolute atomic E-state index is 0.000398. The van der Waals surface area contributed by atoms with E-state index in [1.807, 2.05) is 15.7 Å². The van der Waals surface area contributed by atoms with Crippen LogP contribution < -0.4 is 20.4 Å². The first-order chi connectivity index (χ1) is 39.0. The average Bonchev–Trinajstić information content (AvgIpc) is 1.81. The topological polar surface area (TPSA) is 258 Å². The number of methoxy groups -OCH3 is 1. The molecular weight excluding hydrogens is 1060 g/mol. The lowest BCUT2D eigenvalue weighted by Crippen LogP contribution is -2.50. The smallest absolute Gasteiger partial charge is 0.302 e. The van der Waals surface area contributed by atoms with Crippen molar-refractivity contribution in [3.8, 4) is 11.5 Å². The number of carbonyl (C=O) groups is 5. The van der Waals surface area contributed by atoms with Crippen LogP contribution in [-0.4, -0.2) is 161 Å². The number of hydrogen-bond acceptors (Lipinski definition) is 18. The molecule has 2 aliphatic carbocycles. The van der Waals surface area contributed by atoms with Crippen LogP contribution in [0.3, 0.4) is 0 Å². The molecule has 1 saturated carbocycles. The Morgan fingerprint density at radius 3 is 2.23 bits per heavy atom. The maximum absolute atomic E-state index is 15.8. The average molecular weight is 1140 g/mol. The summed E-state index contributed by atoms with van der Waals surface area (Å²) in [5.74, 6) is -9.57. The number of benzene rings is 2. The van der Waals surface area contributed by atoms with Gasteiger partial charge in [-0.2, -0.15) is 0 Å². The number of pyridine rings is 1. The second kappa shape index (κ2) is 23.8. The largest absolute Gasteiger partial charge is 0.507 e. The Hall–Kier alpha value is -7.40.